The van der Waals surface area contributed by atoms with E-state index in [-0.39, 0.29) is 11.7 Å². The summed E-state index contributed by atoms with van der Waals surface area (Å²) >= 11 is 0. The molecule has 1 fully saturated rings. The summed E-state index contributed by atoms with van der Waals surface area (Å²) in [5, 5.41) is 47.3. The molecule has 1 aliphatic heterocycles. The van der Waals surface area contributed by atoms with Crippen LogP contribution in [0.3, 0.4) is 0 Å². The highest BCUT2D eigenvalue weighted by Gasteiger charge is 2.49. The van der Waals surface area contributed by atoms with Gasteiger partial charge in [0, 0.05) is 34.7 Å². The van der Waals surface area contributed by atoms with E-state index in [1.807, 2.05) is 32.2 Å². The average molecular weight is 467 g/mol. The van der Waals surface area contributed by atoms with E-state index in [0.29, 0.717) is 0 Å². The van der Waals surface area contributed by atoms with E-state index >= 15 is 0 Å². The standard InChI is InChI=1S/C25H27N3O6/c1-11-17-9-28(25-22(26-13(3)30)24(33)23(32)19(10-29)34-25)7-6-15(17)12(2)21-20(11)16-8-14(31)4-5-18(16)27-21/h4-9,19,22-25,29,32-33H,10H2,1-3H3,(H2,26,30,31)/p+1/t19-,22-,23-,24-,25-/m1/s1. The summed E-state index contributed by atoms with van der Waals surface area (Å²) < 4.78 is 7.69. The summed E-state index contributed by atoms with van der Waals surface area (Å²) in [5.41, 5.74) is 3.96. The lowest BCUT2D eigenvalue weighted by molar-refractivity contribution is -0.771. The Balaban J connectivity index is 1.71. The Bertz CT molecular complexity index is 1430. The molecule has 1 aliphatic rings. The Morgan fingerprint density at radius 3 is 2.59 bits per heavy atom. The van der Waals surface area contributed by atoms with E-state index in [4.69, 9.17) is 4.74 Å². The van der Waals surface area contributed by atoms with Gasteiger partial charge in [-0.1, -0.05) is 0 Å². The quantitative estimate of drug-likeness (QED) is 0.251. The largest absolute Gasteiger partial charge is 0.508 e. The Hall–Kier alpha value is -3.24. The molecule has 1 saturated heterocycles. The van der Waals surface area contributed by atoms with Crippen molar-refractivity contribution in [3.63, 3.8) is 0 Å². The van der Waals surface area contributed by atoms with Crippen LogP contribution in [0.25, 0.3) is 32.6 Å². The van der Waals surface area contributed by atoms with Crippen molar-refractivity contribution in [3.8, 4) is 5.75 Å². The number of rotatable bonds is 3. The van der Waals surface area contributed by atoms with Gasteiger partial charge in [-0.25, -0.2) is 0 Å². The van der Waals surface area contributed by atoms with Crippen LogP contribution in [0.2, 0.25) is 0 Å². The third-order valence-corrected chi connectivity index (χ3v) is 6.89. The number of aromatic amines is 1. The number of nitrogens with zero attached hydrogens (tertiary/aromatic N) is 1. The van der Waals surface area contributed by atoms with Crippen molar-refractivity contribution >= 4 is 38.5 Å². The maximum absolute atomic E-state index is 11.8. The van der Waals surface area contributed by atoms with Crippen molar-refractivity contribution in [3.05, 3.63) is 47.8 Å². The van der Waals surface area contributed by atoms with Crippen LogP contribution in [0.15, 0.2) is 36.7 Å². The number of aliphatic hydroxyl groups is 3. The van der Waals surface area contributed by atoms with Crippen LogP contribution < -0.4 is 9.88 Å². The van der Waals surface area contributed by atoms with E-state index in [1.165, 1.54) is 6.92 Å². The van der Waals surface area contributed by atoms with Crippen LogP contribution in [-0.4, -0.2) is 62.3 Å². The van der Waals surface area contributed by atoms with Crippen LogP contribution >= 0.6 is 0 Å². The topological polar surface area (TPSA) is 139 Å². The second kappa shape index (κ2) is 8.21. The van der Waals surface area contributed by atoms with Crippen LogP contribution in [-0.2, 0) is 9.53 Å². The highest BCUT2D eigenvalue weighted by molar-refractivity contribution is 6.16. The number of benzene rings is 2. The van der Waals surface area contributed by atoms with Crippen molar-refractivity contribution in [1.29, 1.82) is 0 Å². The van der Waals surface area contributed by atoms with E-state index in [0.717, 1.165) is 43.7 Å². The third kappa shape index (κ3) is 3.40. The van der Waals surface area contributed by atoms with Crippen molar-refractivity contribution in [2.24, 2.45) is 0 Å². The molecule has 178 valence electrons. The van der Waals surface area contributed by atoms with Crippen LogP contribution in [0.4, 0.5) is 0 Å². The minimum atomic E-state index is -1.35. The summed E-state index contributed by atoms with van der Waals surface area (Å²) in [6.07, 6.45) is -0.849. The highest BCUT2D eigenvalue weighted by Crippen LogP contribution is 2.37. The number of amides is 1. The lowest BCUT2D eigenvalue weighted by Gasteiger charge is -2.39. The van der Waals surface area contributed by atoms with Gasteiger partial charge in [0.2, 0.25) is 5.91 Å². The molecule has 3 heterocycles. The van der Waals surface area contributed by atoms with E-state index in [9.17, 15) is 25.2 Å². The normalized spacial score (nSPS) is 25.3. The van der Waals surface area contributed by atoms with Gasteiger partial charge in [0.05, 0.1) is 12.1 Å². The number of phenolic OH excluding ortho intramolecular Hbond substituents is 1. The third-order valence-electron chi connectivity index (χ3n) is 6.89. The van der Waals surface area contributed by atoms with Gasteiger partial charge in [0.25, 0.3) is 6.23 Å². The molecule has 0 aliphatic carbocycles. The molecule has 0 radical (unpaired) electrons. The summed E-state index contributed by atoms with van der Waals surface area (Å²) in [6, 6.07) is 6.26. The maximum Gasteiger partial charge on any atom is 0.286 e. The van der Waals surface area contributed by atoms with Gasteiger partial charge in [-0.3, -0.25) is 4.79 Å². The van der Waals surface area contributed by atoms with Gasteiger partial charge in [0.1, 0.15) is 30.1 Å². The number of ether oxygens (including phenoxy) is 1. The number of phenols is 1. The molecule has 2 aromatic heterocycles. The molecular formula is C25H28N3O6+. The SMILES string of the molecule is CC(=O)N[C@@H]1[C@@H](O)[C@H](O)[C@@H](CO)O[C@H]1[n+]1ccc2c(C)c3[nH]c4ccc(O)cc4c3c(C)c2c1. The van der Waals surface area contributed by atoms with Crippen LogP contribution in [0, 0.1) is 13.8 Å². The Kier molecular flexibility index (Phi) is 5.44. The van der Waals surface area contributed by atoms with Crippen molar-refractivity contribution in [2.75, 3.05) is 6.61 Å². The fraction of sp³-hybridized carbons (Fsp3) is 0.360. The molecule has 0 saturated carbocycles. The molecule has 1 amide bonds. The molecule has 9 heteroatoms. The highest BCUT2D eigenvalue weighted by atomic mass is 16.5. The minimum Gasteiger partial charge on any atom is -0.508 e. The number of aliphatic hydroxyl groups excluding tert-OH is 3. The monoisotopic (exact) mass is 466 g/mol. The number of nitrogens with one attached hydrogen (secondary N) is 2. The average Bonchev–Trinajstić information content (AvgIpc) is 3.19. The van der Waals surface area contributed by atoms with E-state index in [1.54, 1.807) is 22.9 Å². The fourth-order valence-corrected chi connectivity index (χ4v) is 5.16. The van der Waals surface area contributed by atoms with Crippen molar-refractivity contribution in [1.82, 2.24) is 10.3 Å². The first-order chi connectivity index (χ1) is 16.2. The zero-order valence-electron chi connectivity index (χ0n) is 19.1. The number of hydrogen-bond donors (Lipinski definition) is 6. The fourth-order valence-electron chi connectivity index (χ4n) is 5.16. The van der Waals surface area contributed by atoms with E-state index in [2.05, 4.69) is 10.3 Å². The zero-order valence-corrected chi connectivity index (χ0v) is 19.1. The predicted octanol–water partition coefficient (Wildman–Crippen LogP) is 1.20. The summed E-state index contributed by atoms with van der Waals surface area (Å²) in [7, 11) is 0. The number of fused-ring (bicyclic) bond motifs is 4. The number of H-pyrrole nitrogens is 1. The van der Waals surface area contributed by atoms with Gasteiger partial charge < -0.3 is 35.5 Å². The Labute approximate surface area is 195 Å². The Morgan fingerprint density at radius 1 is 1.12 bits per heavy atom. The van der Waals surface area contributed by atoms with Crippen LogP contribution in [0.5, 0.6) is 5.75 Å². The number of carbonyl (C=O) groups is 1. The van der Waals surface area contributed by atoms with E-state index < -0.39 is 37.2 Å². The molecule has 5 atom stereocenters. The second-order valence-electron chi connectivity index (χ2n) is 9.03. The van der Waals surface area contributed by atoms with Crippen molar-refractivity contribution < 1.29 is 34.5 Å². The molecular weight excluding hydrogens is 438 g/mol. The van der Waals surface area contributed by atoms with Gasteiger partial charge in [-0.05, 0) is 48.6 Å². The second-order valence-corrected chi connectivity index (χ2v) is 9.03. The number of pyridine rings is 1. The van der Waals surface area contributed by atoms with Gasteiger partial charge >= 0.3 is 0 Å². The van der Waals surface area contributed by atoms with Crippen molar-refractivity contribution in [2.45, 2.75) is 51.4 Å². The molecule has 6 N–H and O–H groups in total. The lowest BCUT2D eigenvalue weighted by Crippen LogP contribution is -2.67. The molecule has 4 aromatic rings. The van der Waals surface area contributed by atoms with Crippen LogP contribution in [0.1, 0.15) is 24.3 Å². The number of hydrogen-bond acceptors (Lipinski definition) is 6. The number of aryl methyl sites for hydroxylation is 2. The van der Waals surface area contributed by atoms with Gasteiger partial charge in [-0.15, -0.1) is 0 Å². The first-order valence-corrected chi connectivity index (χ1v) is 11.2. The predicted molar refractivity (Wildman–Crippen MR) is 125 cm³/mol. The lowest BCUT2D eigenvalue weighted by atomic mass is 9.94. The number of aromatic hydroxyl groups is 1. The molecule has 0 unspecified atom stereocenters. The molecule has 2 aromatic carbocycles. The molecule has 0 bridgehead atoms. The first-order valence-electron chi connectivity index (χ1n) is 11.2. The summed E-state index contributed by atoms with van der Waals surface area (Å²) in [6.45, 7) is 4.89. The summed E-state index contributed by atoms with van der Waals surface area (Å²) in [5.74, 6) is -0.189. The minimum absolute atomic E-state index is 0.185. The smallest absolute Gasteiger partial charge is 0.286 e. The first kappa shape index (κ1) is 22.5. The maximum atomic E-state index is 11.8. The van der Waals surface area contributed by atoms with Gasteiger partial charge in [-0.2, -0.15) is 4.57 Å². The molecule has 9 nitrogen and oxygen atoms in total. The number of aromatic nitrogens is 2. The summed E-state index contributed by atoms with van der Waals surface area (Å²) in [4.78, 5) is 15.3. The zero-order chi connectivity index (χ0) is 24.3. The molecule has 34 heavy (non-hydrogen) atoms. The number of carbonyl (C=O) groups excluding carboxylic acids is 1. The van der Waals surface area contributed by atoms with Gasteiger partial charge in [0.15, 0.2) is 12.4 Å². The molecule has 0 spiro atoms. The Morgan fingerprint density at radius 2 is 1.88 bits per heavy atom. The molecule has 5 rings (SSSR count).